The highest BCUT2D eigenvalue weighted by molar-refractivity contribution is 6.13. The maximum absolute atomic E-state index is 12.4. The van der Waals surface area contributed by atoms with Gasteiger partial charge in [0.1, 0.15) is 5.82 Å². The fourth-order valence-corrected chi connectivity index (χ4v) is 1.74. The summed E-state index contributed by atoms with van der Waals surface area (Å²) in [5, 5.41) is 0. The molecule has 0 aliphatic heterocycles. The van der Waals surface area contributed by atoms with Crippen molar-refractivity contribution in [2.24, 2.45) is 0 Å². The van der Waals surface area contributed by atoms with Crippen molar-refractivity contribution in [3.05, 3.63) is 53.0 Å². The van der Waals surface area contributed by atoms with E-state index < -0.39 is 0 Å². The van der Waals surface area contributed by atoms with Gasteiger partial charge in [-0.1, -0.05) is 0 Å². The molecule has 0 saturated carbocycles. The van der Waals surface area contributed by atoms with Crippen molar-refractivity contribution in [3.8, 4) is 0 Å². The third-order valence-corrected chi connectivity index (χ3v) is 2.68. The maximum atomic E-state index is 12.4. The van der Waals surface area contributed by atoms with E-state index in [4.69, 9.17) is 5.73 Å². The van der Waals surface area contributed by atoms with Crippen LogP contribution in [-0.2, 0) is 0 Å². The Kier molecular flexibility index (Phi) is 2.87. The van der Waals surface area contributed by atoms with Gasteiger partial charge in [0, 0.05) is 24.2 Å². The molecule has 2 N–H and O–H groups in total. The number of rotatable bonds is 2. The summed E-state index contributed by atoms with van der Waals surface area (Å²) in [6.45, 7) is 3.70. The van der Waals surface area contributed by atoms with Gasteiger partial charge in [-0.15, -0.1) is 0 Å². The van der Waals surface area contributed by atoms with Crippen molar-refractivity contribution in [1.82, 2.24) is 9.97 Å². The Balaban J connectivity index is 2.56. The summed E-state index contributed by atoms with van der Waals surface area (Å²) in [6.07, 6.45) is 4.86. The number of carbonyl (C=O) groups excluding carboxylic acids is 1. The minimum absolute atomic E-state index is 0.104. The molecule has 0 amide bonds. The molecule has 0 spiro atoms. The van der Waals surface area contributed by atoms with Gasteiger partial charge >= 0.3 is 0 Å². The van der Waals surface area contributed by atoms with Crippen molar-refractivity contribution in [3.63, 3.8) is 0 Å². The minimum Gasteiger partial charge on any atom is -0.383 e. The van der Waals surface area contributed by atoms with Crippen LogP contribution in [0.5, 0.6) is 0 Å². The van der Waals surface area contributed by atoms with E-state index in [-0.39, 0.29) is 11.6 Å². The van der Waals surface area contributed by atoms with Crippen molar-refractivity contribution in [2.45, 2.75) is 13.8 Å². The summed E-state index contributed by atoms with van der Waals surface area (Å²) in [7, 11) is 0. The van der Waals surface area contributed by atoms with Gasteiger partial charge in [0.25, 0.3) is 0 Å². The molecule has 0 bridgehead atoms. The number of nitrogen functional groups attached to an aromatic ring is 1. The average molecular weight is 227 g/mol. The first-order valence-corrected chi connectivity index (χ1v) is 5.27. The number of ketones is 1. The van der Waals surface area contributed by atoms with E-state index in [0.717, 1.165) is 11.1 Å². The van der Waals surface area contributed by atoms with E-state index in [2.05, 4.69) is 9.97 Å². The lowest BCUT2D eigenvalue weighted by Gasteiger charge is -2.08. The third-order valence-electron chi connectivity index (χ3n) is 2.68. The van der Waals surface area contributed by atoms with Gasteiger partial charge in [0.15, 0.2) is 5.78 Å². The zero-order chi connectivity index (χ0) is 12.4. The lowest BCUT2D eigenvalue weighted by atomic mass is 9.98. The highest BCUT2D eigenvalue weighted by atomic mass is 16.1. The predicted molar refractivity (Wildman–Crippen MR) is 65.8 cm³/mol. The average Bonchev–Trinajstić information content (AvgIpc) is 2.29. The van der Waals surface area contributed by atoms with Gasteiger partial charge in [0.2, 0.25) is 0 Å². The van der Waals surface area contributed by atoms with Crippen LogP contribution in [0.2, 0.25) is 0 Å². The van der Waals surface area contributed by atoms with Crippen LogP contribution in [0.3, 0.4) is 0 Å². The molecule has 86 valence electrons. The number of hydrogen-bond acceptors (Lipinski definition) is 4. The number of hydrogen-bond donors (Lipinski definition) is 1. The summed E-state index contributed by atoms with van der Waals surface area (Å²) < 4.78 is 0. The molecular formula is C13H13N3O. The highest BCUT2D eigenvalue weighted by Gasteiger charge is 2.17. The molecule has 0 atom stereocenters. The molecule has 2 rings (SSSR count). The molecule has 17 heavy (non-hydrogen) atoms. The second kappa shape index (κ2) is 4.33. The van der Waals surface area contributed by atoms with Gasteiger partial charge in [0.05, 0.1) is 5.56 Å². The Morgan fingerprint density at radius 2 is 1.94 bits per heavy atom. The summed E-state index contributed by atoms with van der Waals surface area (Å²) in [5.41, 5.74) is 8.52. The Morgan fingerprint density at radius 1 is 1.18 bits per heavy atom. The first kappa shape index (κ1) is 11.3. The first-order chi connectivity index (χ1) is 8.11. The van der Waals surface area contributed by atoms with E-state index in [1.807, 2.05) is 13.8 Å². The molecule has 0 aromatic carbocycles. The van der Waals surface area contributed by atoms with Gasteiger partial charge < -0.3 is 5.73 Å². The monoisotopic (exact) mass is 227 g/mol. The SMILES string of the molecule is Cc1cnccc1C(=O)c1c(C)ccnc1N. The van der Waals surface area contributed by atoms with Crippen LogP contribution in [-0.4, -0.2) is 15.8 Å². The topological polar surface area (TPSA) is 68.9 Å². The number of carbonyl (C=O) groups is 1. The fourth-order valence-electron chi connectivity index (χ4n) is 1.74. The van der Waals surface area contributed by atoms with Crippen LogP contribution in [0, 0.1) is 13.8 Å². The van der Waals surface area contributed by atoms with Crippen molar-refractivity contribution < 1.29 is 4.79 Å². The molecule has 2 heterocycles. The van der Waals surface area contributed by atoms with E-state index in [1.165, 1.54) is 0 Å². The molecule has 4 heteroatoms. The highest BCUT2D eigenvalue weighted by Crippen LogP contribution is 2.19. The molecular weight excluding hydrogens is 214 g/mol. The molecule has 0 radical (unpaired) electrons. The Morgan fingerprint density at radius 3 is 2.59 bits per heavy atom. The van der Waals surface area contributed by atoms with Crippen molar-refractivity contribution >= 4 is 11.6 Å². The summed E-state index contributed by atoms with van der Waals surface area (Å²) in [4.78, 5) is 20.3. The van der Waals surface area contributed by atoms with E-state index in [0.29, 0.717) is 11.1 Å². The summed E-state index contributed by atoms with van der Waals surface area (Å²) in [6, 6.07) is 3.48. The van der Waals surface area contributed by atoms with Gasteiger partial charge in [-0.25, -0.2) is 4.98 Å². The van der Waals surface area contributed by atoms with Crippen LogP contribution in [0.15, 0.2) is 30.7 Å². The first-order valence-electron chi connectivity index (χ1n) is 5.27. The lowest BCUT2D eigenvalue weighted by Crippen LogP contribution is -2.10. The number of nitrogens with zero attached hydrogens (tertiary/aromatic N) is 2. The van der Waals surface area contributed by atoms with E-state index >= 15 is 0 Å². The molecule has 0 saturated heterocycles. The van der Waals surface area contributed by atoms with Crippen molar-refractivity contribution in [1.29, 1.82) is 0 Å². The third kappa shape index (κ3) is 2.01. The Hall–Kier alpha value is -2.23. The fraction of sp³-hybridized carbons (Fsp3) is 0.154. The number of anilines is 1. The van der Waals surface area contributed by atoms with Crippen molar-refractivity contribution in [2.75, 3.05) is 5.73 Å². The quantitative estimate of drug-likeness (QED) is 0.795. The van der Waals surface area contributed by atoms with Crippen LogP contribution in [0.25, 0.3) is 0 Å². The Bertz CT molecular complexity index is 558. The number of aromatic nitrogens is 2. The number of pyridine rings is 2. The maximum Gasteiger partial charge on any atom is 0.197 e. The van der Waals surface area contributed by atoms with E-state index in [9.17, 15) is 4.79 Å². The molecule has 2 aromatic rings. The zero-order valence-corrected chi connectivity index (χ0v) is 9.77. The van der Waals surface area contributed by atoms with Crippen LogP contribution >= 0.6 is 0 Å². The van der Waals surface area contributed by atoms with E-state index in [1.54, 1.807) is 30.7 Å². The molecule has 4 nitrogen and oxygen atoms in total. The number of aryl methyl sites for hydroxylation is 2. The largest absolute Gasteiger partial charge is 0.383 e. The summed E-state index contributed by atoms with van der Waals surface area (Å²) >= 11 is 0. The van der Waals surface area contributed by atoms with Crippen LogP contribution < -0.4 is 5.73 Å². The second-order valence-electron chi connectivity index (χ2n) is 3.91. The van der Waals surface area contributed by atoms with Gasteiger partial charge in [-0.05, 0) is 37.1 Å². The second-order valence-corrected chi connectivity index (χ2v) is 3.91. The Labute approximate surface area is 99.5 Å². The molecule has 0 aliphatic carbocycles. The number of nitrogens with two attached hydrogens (primary N) is 1. The van der Waals surface area contributed by atoms with Gasteiger partial charge in [-0.2, -0.15) is 0 Å². The normalized spacial score (nSPS) is 10.2. The molecule has 0 fully saturated rings. The summed E-state index contributed by atoms with van der Waals surface area (Å²) in [5.74, 6) is 0.166. The minimum atomic E-state index is -0.104. The predicted octanol–water partition coefficient (Wildman–Crippen LogP) is 1.91. The molecule has 0 unspecified atom stereocenters. The lowest BCUT2D eigenvalue weighted by molar-refractivity contribution is 0.103. The van der Waals surface area contributed by atoms with Gasteiger partial charge in [-0.3, -0.25) is 9.78 Å². The smallest absolute Gasteiger partial charge is 0.197 e. The van der Waals surface area contributed by atoms with Crippen LogP contribution in [0.4, 0.5) is 5.82 Å². The molecule has 0 aliphatic rings. The zero-order valence-electron chi connectivity index (χ0n) is 9.77. The molecule has 2 aromatic heterocycles. The standard InChI is InChI=1S/C13H13N3O/c1-8-3-6-16-13(14)11(8)12(17)10-4-5-15-7-9(10)2/h3-7H,1-2H3,(H2,14,16). The van der Waals surface area contributed by atoms with Crippen LogP contribution in [0.1, 0.15) is 27.0 Å².